The molecule has 50 heavy (non-hydrogen) atoms. The third kappa shape index (κ3) is 4.04. The van der Waals surface area contributed by atoms with Crippen LogP contribution in [0.4, 0.5) is 0 Å². The minimum absolute atomic E-state index is 1.24. The van der Waals surface area contributed by atoms with E-state index in [9.17, 15) is 0 Å². The van der Waals surface area contributed by atoms with Crippen molar-refractivity contribution in [2.45, 2.75) is 0 Å². The Labute approximate surface area is 297 Å². The average Bonchev–Trinajstić information content (AvgIpc) is 3.76. The standard InChI is InChI=1S/C48H28S2/c1-2-13-29(14-3-1)44-35-20-6-8-22-37(35)45(38-23-9-7-21-36(38)44)31-16-12-15-30(27-31)41-28-43-46(34-19-5-4-17-32(34)41)40-26-25-39-33-18-10-11-24-42(33)49-47(39)48(40)50-43/h1-28H. The van der Waals surface area contributed by atoms with Gasteiger partial charge in [-0.2, -0.15) is 0 Å². The molecule has 11 rings (SSSR count). The van der Waals surface area contributed by atoms with Gasteiger partial charge in [0.1, 0.15) is 0 Å². The zero-order valence-electron chi connectivity index (χ0n) is 27.0. The third-order valence-electron chi connectivity index (χ3n) is 10.4. The van der Waals surface area contributed by atoms with Crippen molar-refractivity contribution in [1.29, 1.82) is 0 Å². The first-order chi connectivity index (χ1) is 24.8. The fourth-order valence-electron chi connectivity index (χ4n) is 8.32. The molecule has 11 aromatic rings. The van der Waals surface area contributed by atoms with E-state index in [-0.39, 0.29) is 0 Å². The maximum atomic E-state index is 2.45. The van der Waals surface area contributed by atoms with Crippen molar-refractivity contribution in [3.63, 3.8) is 0 Å². The Bertz CT molecular complexity index is 3080. The quantitative estimate of drug-likeness (QED) is 0.164. The van der Waals surface area contributed by atoms with Gasteiger partial charge in [0.2, 0.25) is 0 Å². The highest BCUT2D eigenvalue weighted by Crippen LogP contribution is 2.49. The SMILES string of the molecule is c1ccc(-c2c3ccccc3c(-c3cccc(-c4cc5sc6c(ccc7c8ccccc8sc76)c5c5ccccc45)c3)c3ccccc23)cc1. The molecule has 0 amide bonds. The first-order valence-electron chi connectivity index (χ1n) is 17.1. The van der Waals surface area contributed by atoms with Crippen molar-refractivity contribution in [3.8, 4) is 33.4 Å². The number of hydrogen-bond donors (Lipinski definition) is 0. The highest BCUT2D eigenvalue weighted by atomic mass is 32.1. The summed E-state index contributed by atoms with van der Waals surface area (Å²) in [5.41, 5.74) is 7.59. The summed E-state index contributed by atoms with van der Waals surface area (Å²) in [4.78, 5) is 0. The molecule has 0 atom stereocenters. The number of hydrogen-bond acceptors (Lipinski definition) is 2. The van der Waals surface area contributed by atoms with Gasteiger partial charge in [0.05, 0.1) is 9.40 Å². The molecule has 0 saturated heterocycles. The highest BCUT2D eigenvalue weighted by Gasteiger charge is 2.19. The zero-order chi connectivity index (χ0) is 32.8. The molecule has 0 nitrogen and oxygen atoms in total. The van der Waals surface area contributed by atoms with Crippen LogP contribution in [0.15, 0.2) is 170 Å². The Morgan fingerprint density at radius 1 is 0.280 bits per heavy atom. The number of rotatable bonds is 3. The smallest absolute Gasteiger partial charge is 0.0534 e. The molecule has 0 unspecified atom stereocenters. The molecule has 9 aromatic carbocycles. The van der Waals surface area contributed by atoms with E-state index >= 15 is 0 Å². The molecule has 2 heterocycles. The molecule has 0 fully saturated rings. The second kappa shape index (κ2) is 10.9. The molecule has 2 heteroatoms. The van der Waals surface area contributed by atoms with Crippen LogP contribution in [-0.4, -0.2) is 0 Å². The predicted molar refractivity (Wildman–Crippen MR) is 221 cm³/mol. The second-order valence-corrected chi connectivity index (χ2v) is 15.3. The van der Waals surface area contributed by atoms with Crippen molar-refractivity contribution >= 4 is 95.3 Å². The van der Waals surface area contributed by atoms with Gasteiger partial charge >= 0.3 is 0 Å². The van der Waals surface area contributed by atoms with Crippen molar-refractivity contribution in [2.75, 3.05) is 0 Å². The van der Waals surface area contributed by atoms with Gasteiger partial charge in [-0.1, -0.05) is 152 Å². The molecule has 0 aliphatic carbocycles. The van der Waals surface area contributed by atoms with Gasteiger partial charge in [-0.3, -0.25) is 0 Å². The molecular formula is C48H28S2. The number of benzene rings is 9. The Morgan fingerprint density at radius 3 is 1.50 bits per heavy atom. The van der Waals surface area contributed by atoms with Crippen molar-refractivity contribution in [2.24, 2.45) is 0 Å². The lowest BCUT2D eigenvalue weighted by Gasteiger charge is -2.18. The maximum Gasteiger partial charge on any atom is 0.0534 e. The van der Waals surface area contributed by atoms with E-state index < -0.39 is 0 Å². The highest BCUT2D eigenvalue weighted by molar-refractivity contribution is 7.33. The summed E-state index contributed by atoms with van der Waals surface area (Å²) in [5.74, 6) is 0. The van der Waals surface area contributed by atoms with Crippen LogP contribution in [-0.2, 0) is 0 Å². The Balaban J connectivity index is 1.17. The summed E-state index contributed by atoms with van der Waals surface area (Å²) >= 11 is 3.87. The molecule has 0 aliphatic rings. The minimum atomic E-state index is 1.24. The number of thiophene rings is 2. The lowest BCUT2D eigenvalue weighted by molar-refractivity contribution is 1.64. The van der Waals surface area contributed by atoms with Crippen molar-refractivity contribution in [1.82, 2.24) is 0 Å². The molecule has 0 N–H and O–H groups in total. The van der Waals surface area contributed by atoms with Crippen LogP contribution in [0.25, 0.3) is 106 Å². The third-order valence-corrected chi connectivity index (χ3v) is 13.0. The fourth-order valence-corrected chi connectivity index (χ4v) is 10.9. The van der Waals surface area contributed by atoms with Gasteiger partial charge in [0, 0.05) is 30.9 Å². The van der Waals surface area contributed by atoms with Crippen LogP contribution in [0.1, 0.15) is 0 Å². The fraction of sp³-hybridized carbons (Fsp3) is 0. The first kappa shape index (κ1) is 28.1. The largest absolute Gasteiger partial charge is 0.134 e. The molecule has 0 spiro atoms. The minimum Gasteiger partial charge on any atom is -0.134 e. The lowest BCUT2D eigenvalue weighted by atomic mass is 9.85. The van der Waals surface area contributed by atoms with Crippen LogP contribution in [0.3, 0.4) is 0 Å². The van der Waals surface area contributed by atoms with Crippen molar-refractivity contribution < 1.29 is 0 Å². The van der Waals surface area contributed by atoms with E-state index in [1.165, 1.54) is 106 Å². The average molecular weight is 669 g/mol. The predicted octanol–water partition coefficient (Wildman–Crippen LogP) is 14.9. The topological polar surface area (TPSA) is 0 Å². The molecule has 232 valence electrons. The van der Waals surface area contributed by atoms with Crippen molar-refractivity contribution in [3.05, 3.63) is 170 Å². The van der Waals surface area contributed by atoms with Gasteiger partial charge in [0.15, 0.2) is 0 Å². The Morgan fingerprint density at radius 2 is 0.780 bits per heavy atom. The van der Waals surface area contributed by atoms with Gasteiger partial charge in [0.25, 0.3) is 0 Å². The molecule has 2 aromatic heterocycles. The summed E-state index contributed by atoms with van der Waals surface area (Å²) in [7, 11) is 0. The van der Waals surface area contributed by atoms with E-state index in [4.69, 9.17) is 0 Å². The molecular weight excluding hydrogens is 641 g/mol. The van der Waals surface area contributed by atoms with Crippen LogP contribution < -0.4 is 0 Å². The summed E-state index contributed by atoms with van der Waals surface area (Å²) in [6.07, 6.45) is 0. The monoisotopic (exact) mass is 668 g/mol. The maximum absolute atomic E-state index is 2.45. The summed E-state index contributed by atoms with van der Waals surface area (Å²) in [6, 6.07) is 62.9. The van der Waals surface area contributed by atoms with Gasteiger partial charge in [-0.25, -0.2) is 0 Å². The molecule has 0 bridgehead atoms. The van der Waals surface area contributed by atoms with E-state index in [1.807, 2.05) is 22.7 Å². The van der Waals surface area contributed by atoms with E-state index in [2.05, 4.69) is 170 Å². The molecule has 0 radical (unpaired) electrons. The van der Waals surface area contributed by atoms with E-state index in [0.717, 1.165) is 0 Å². The van der Waals surface area contributed by atoms with Crippen LogP contribution in [0, 0.1) is 0 Å². The summed E-state index contributed by atoms with van der Waals surface area (Å²) in [5, 5.41) is 13.2. The normalized spacial score (nSPS) is 12.0. The zero-order valence-corrected chi connectivity index (χ0v) is 28.6. The van der Waals surface area contributed by atoms with Gasteiger partial charge < -0.3 is 0 Å². The molecule has 0 saturated carbocycles. The first-order valence-corrected chi connectivity index (χ1v) is 18.7. The van der Waals surface area contributed by atoms with Crippen LogP contribution in [0.2, 0.25) is 0 Å². The Hall–Kier alpha value is -5.80. The van der Waals surface area contributed by atoms with Gasteiger partial charge in [-0.05, 0) is 83.9 Å². The summed E-state index contributed by atoms with van der Waals surface area (Å²) in [6.45, 7) is 0. The Kier molecular flexibility index (Phi) is 6.09. The van der Waals surface area contributed by atoms with Gasteiger partial charge in [-0.15, -0.1) is 22.7 Å². The van der Waals surface area contributed by atoms with Crippen LogP contribution >= 0.6 is 22.7 Å². The number of fused-ring (bicyclic) bond motifs is 11. The lowest BCUT2D eigenvalue weighted by Crippen LogP contribution is -1.91. The van der Waals surface area contributed by atoms with E-state index in [0.29, 0.717) is 0 Å². The second-order valence-electron chi connectivity index (χ2n) is 13.2. The summed E-state index contributed by atoms with van der Waals surface area (Å²) < 4.78 is 5.49. The molecule has 0 aliphatic heterocycles. The van der Waals surface area contributed by atoms with E-state index in [1.54, 1.807) is 0 Å². The van der Waals surface area contributed by atoms with Crippen LogP contribution in [0.5, 0.6) is 0 Å².